The summed E-state index contributed by atoms with van der Waals surface area (Å²) in [6, 6.07) is 8.25. The fourth-order valence-corrected chi connectivity index (χ4v) is 6.98. The van der Waals surface area contributed by atoms with E-state index in [1.807, 2.05) is 22.9 Å². The van der Waals surface area contributed by atoms with Crippen LogP contribution in [0.25, 0.3) is 0 Å². The maximum absolute atomic E-state index is 13.7. The Balaban J connectivity index is 1.46. The SMILES string of the molecule is Cc1cccc(Cl)c1S(=O)(=O)N1CCn2cccc2C1CC(=O)NCCCN1CCOCC1. The van der Waals surface area contributed by atoms with E-state index in [0.717, 1.165) is 45.0 Å². The minimum Gasteiger partial charge on any atom is -0.379 e. The van der Waals surface area contributed by atoms with E-state index in [0.29, 0.717) is 18.7 Å². The lowest BCUT2D eigenvalue weighted by molar-refractivity contribution is -0.122. The van der Waals surface area contributed by atoms with Gasteiger partial charge in [0.25, 0.3) is 0 Å². The Labute approximate surface area is 200 Å². The van der Waals surface area contributed by atoms with E-state index in [1.54, 1.807) is 25.1 Å². The van der Waals surface area contributed by atoms with Gasteiger partial charge in [0.05, 0.1) is 24.3 Å². The van der Waals surface area contributed by atoms with E-state index < -0.39 is 16.1 Å². The van der Waals surface area contributed by atoms with Crippen molar-refractivity contribution in [2.75, 3.05) is 45.9 Å². The van der Waals surface area contributed by atoms with Crippen molar-refractivity contribution in [3.63, 3.8) is 0 Å². The molecular formula is C23H31ClN4O4S. The third-order valence-electron chi connectivity index (χ3n) is 6.30. The summed E-state index contributed by atoms with van der Waals surface area (Å²) in [5, 5.41) is 3.17. The van der Waals surface area contributed by atoms with Crippen LogP contribution >= 0.6 is 11.6 Å². The fourth-order valence-electron chi connectivity index (χ4n) is 4.60. The summed E-state index contributed by atoms with van der Waals surface area (Å²) in [7, 11) is -3.89. The van der Waals surface area contributed by atoms with Crippen LogP contribution in [0.4, 0.5) is 0 Å². The zero-order valence-electron chi connectivity index (χ0n) is 18.9. The molecule has 0 bridgehead atoms. The van der Waals surface area contributed by atoms with Gasteiger partial charge in [-0.25, -0.2) is 8.42 Å². The Kier molecular flexibility index (Phi) is 7.76. The van der Waals surface area contributed by atoms with Crippen LogP contribution < -0.4 is 5.32 Å². The van der Waals surface area contributed by atoms with Crippen LogP contribution in [-0.4, -0.2) is 74.0 Å². The number of nitrogens with zero attached hydrogens (tertiary/aromatic N) is 3. The van der Waals surface area contributed by atoms with E-state index in [2.05, 4.69) is 10.2 Å². The number of rotatable bonds is 8. The summed E-state index contributed by atoms with van der Waals surface area (Å²) in [5.74, 6) is -0.160. The highest BCUT2D eigenvalue weighted by atomic mass is 35.5. The number of amides is 1. The second kappa shape index (κ2) is 10.6. The molecule has 180 valence electrons. The molecule has 10 heteroatoms. The molecule has 3 heterocycles. The monoisotopic (exact) mass is 494 g/mol. The van der Waals surface area contributed by atoms with Crippen molar-refractivity contribution in [2.24, 2.45) is 0 Å². The van der Waals surface area contributed by atoms with E-state index in [-0.39, 0.29) is 28.8 Å². The molecule has 4 rings (SSSR count). The molecule has 8 nitrogen and oxygen atoms in total. The topological polar surface area (TPSA) is 83.9 Å². The van der Waals surface area contributed by atoms with Gasteiger partial charge in [0.1, 0.15) is 4.90 Å². The third-order valence-corrected chi connectivity index (χ3v) is 8.84. The summed E-state index contributed by atoms with van der Waals surface area (Å²) in [6.45, 7) is 7.35. The van der Waals surface area contributed by atoms with Gasteiger partial charge in [-0.05, 0) is 43.7 Å². The van der Waals surface area contributed by atoms with Gasteiger partial charge in [-0.2, -0.15) is 4.31 Å². The van der Waals surface area contributed by atoms with Gasteiger partial charge in [0.15, 0.2) is 0 Å². The number of carbonyl (C=O) groups is 1. The Morgan fingerprint density at radius 3 is 2.70 bits per heavy atom. The molecule has 1 aromatic heterocycles. The van der Waals surface area contributed by atoms with Crippen molar-refractivity contribution in [3.8, 4) is 0 Å². The van der Waals surface area contributed by atoms with E-state index in [9.17, 15) is 13.2 Å². The Morgan fingerprint density at radius 2 is 1.94 bits per heavy atom. The zero-order chi connectivity index (χ0) is 23.4. The lowest BCUT2D eigenvalue weighted by Gasteiger charge is -2.36. The molecule has 0 radical (unpaired) electrons. The number of aromatic nitrogens is 1. The molecule has 1 saturated heterocycles. The predicted octanol–water partition coefficient (Wildman–Crippen LogP) is 2.42. The van der Waals surface area contributed by atoms with Crippen molar-refractivity contribution >= 4 is 27.5 Å². The first-order valence-electron chi connectivity index (χ1n) is 11.4. The first-order chi connectivity index (χ1) is 15.9. The number of sulfonamides is 1. The van der Waals surface area contributed by atoms with Crippen LogP contribution in [0.1, 0.15) is 30.1 Å². The minimum atomic E-state index is -3.89. The first-order valence-corrected chi connectivity index (χ1v) is 13.2. The van der Waals surface area contributed by atoms with Gasteiger partial charge in [0.2, 0.25) is 15.9 Å². The van der Waals surface area contributed by atoms with Crippen LogP contribution in [0.5, 0.6) is 0 Å². The normalized spacial score (nSPS) is 19.9. The van der Waals surface area contributed by atoms with E-state index >= 15 is 0 Å². The molecule has 2 aromatic rings. The molecule has 1 amide bonds. The number of nitrogens with one attached hydrogen (secondary N) is 1. The maximum atomic E-state index is 13.7. The molecule has 0 aliphatic carbocycles. The Bertz CT molecular complexity index is 1060. The number of fused-ring (bicyclic) bond motifs is 1. The molecule has 1 unspecified atom stereocenters. The van der Waals surface area contributed by atoms with Gasteiger partial charge in [-0.3, -0.25) is 9.69 Å². The number of halogens is 1. The number of morpholine rings is 1. The van der Waals surface area contributed by atoms with E-state index in [4.69, 9.17) is 16.3 Å². The standard InChI is InChI=1S/C23H31ClN4O4S/c1-18-5-2-6-19(24)23(18)33(30,31)28-12-11-27-10-3-7-20(27)21(28)17-22(29)25-8-4-9-26-13-15-32-16-14-26/h2-3,5-7,10,21H,4,8-9,11-17H2,1H3,(H,25,29). The number of ether oxygens (including phenoxy) is 1. The number of aryl methyl sites for hydroxylation is 1. The highest BCUT2D eigenvalue weighted by Crippen LogP contribution is 2.36. The van der Waals surface area contributed by atoms with Gasteiger partial charge in [-0.15, -0.1) is 0 Å². The zero-order valence-corrected chi connectivity index (χ0v) is 20.4. The first kappa shape index (κ1) is 24.2. The Morgan fingerprint density at radius 1 is 1.15 bits per heavy atom. The van der Waals surface area contributed by atoms with E-state index in [1.165, 1.54) is 4.31 Å². The number of hydrogen-bond donors (Lipinski definition) is 1. The minimum absolute atomic E-state index is 0.0598. The third kappa shape index (κ3) is 5.44. The van der Waals surface area contributed by atoms with Crippen LogP contribution in [0.15, 0.2) is 41.4 Å². The quantitative estimate of drug-likeness (QED) is 0.570. The molecule has 0 saturated carbocycles. The molecule has 1 N–H and O–H groups in total. The van der Waals surface area contributed by atoms with Crippen molar-refractivity contribution < 1.29 is 17.9 Å². The lowest BCUT2D eigenvalue weighted by atomic mass is 10.1. The molecule has 0 spiro atoms. The number of carbonyl (C=O) groups excluding carboxylic acids is 1. The van der Waals surface area contributed by atoms with Crippen LogP contribution in [0, 0.1) is 6.92 Å². The molecule has 33 heavy (non-hydrogen) atoms. The number of hydrogen-bond acceptors (Lipinski definition) is 5. The summed E-state index contributed by atoms with van der Waals surface area (Å²) < 4.78 is 36.2. The summed E-state index contributed by atoms with van der Waals surface area (Å²) in [4.78, 5) is 15.3. The van der Waals surface area contributed by atoms with Crippen molar-refractivity contribution in [2.45, 2.75) is 37.2 Å². The number of benzene rings is 1. The average Bonchev–Trinajstić information content (AvgIpc) is 3.27. The summed E-state index contributed by atoms with van der Waals surface area (Å²) in [6.07, 6.45) is 2.82. The van der Waals surface area contributed by atoms with Crippen LogP contribution in [-0.2, 0) is 26.1 Å². The average molecular weight is 495 g/mol. The second-order valence-corrected chi connectivity index (χ2v) is 10.7. The van der Waals surface area contributed by atoms with Crippen molar-refractivity contribution in [1.82, 2.24) is 19.1 Å². The molecular weight excluding hydrogens is 464 g/mol. The smallest absolute Gasteiger partial charge is 0.245 e. The van der Waals surface area contributed by atoms with Crippen LogP contribution in [0.2, 0.25) is 5.02 Å². The van der Waals surface area contributed by atoms with Crippen molar-refractivity contribution in [1.29, 1.82) is 0 Å². The lowest BCUT2D eigenvalue weighted by Crippen LogP contribution is -2.44. The summed E-state index contributed by atoms with van der Waals surface area (Å²) in [5.41, 5.74) is 1.41. The maximum Gasteiger partial charge on any atom is 0.245 e. The Hall–Kier alpha value is -1.91. The van der Waals surface area contributed by atoms with Gasteiger partial charge >= 0.3 is 0 Å². The fraction of sp³-hybridized carbons (Fsp3) is 0.522. The molecule has 1 aromatic carbocycles. The molecule has 1 atom stereocenters. The highest BCUT2D eigenvalue weighted by molar-refractivity contribution is 7.89. The largest absolute Gasteiger partial charge is 0.379 e. The van der Waals surface area contributed by atoms with Gasteiger partial charge < -0.3 is 14.6 Å². The second-order valence-electron chi connectivity index (χ2n) is 8.51. The van der Waals surface area contributed by atoms with Crippen LogP contribution in [0.3, 0.4) is 0 Å². The summed E-state index contributed by atoms with van der Waals surface area (Å²) >= 11 is 6.31. The van der Waals surface area contributed by atoms with Gasteiger partial charge in [-0.1, -0.05) is 23.7 Å². The molecule has 2 aliphatic heterocycles. The molecule has 2 aliphatic rings. The van der Waals surface area contributed by atoms with Gasteiger partial charge in [0, 0.05) is 51.0 Å². The molecule has 1 fully saturated rings. The predicted molar refractivity (Wildman–Crippen MR) is 127 cm³/mol. The highest BCUT2D eigenvalue weighted by Gasteiger charge is 2.39. The van der Waals surface area contributed by atoms with Crippen molar-refractivity contribution in [3.05, 3.63) is 52.8 Å².